The second-order valence-corrected chi connectivity index (χ2v) is 5.89. The first-order valence-corrected chi connectivity index (χ1v) is 7.13. The van der Waals surface area contributed by atoms with E-state index < -0.39 is 0 Å². The number of para-hydroxylation sites is 1. The van der Waals surface area contributed by atoms with E-state index in [1.165, 1.54) is 9.35 Å². The van der Waals surface area contributed by atoms with Crippen LogP contribution in [0.1, 0.15) is 5.56 Å². The predicted molar refractivity (Wildman–Crippen MR) is 75.7 cm³/mol. The molecule has 0 saturated heterocycles. The van der Waals surface area contributed by atoms with Gasteiger partial charge in [0, 0.05) is 13.1 Å². The minimum atomic E-state index is 0.690. The van der Waals surface area contributed by atoms with Gasteiger partial charge in [-0.25, -0.2) is 0 Å². The molecule has 0 aliphatic rings. The molecule has 0 radical (unpaired) electrons. The Balaban J connectivity index is 1.61. The van der Waals surface area contributed by atoms with Gasteiger partial charge < -0.3 is 10.1 Å². The van der Waals surface area contributed by atoms with Crippen LogP contribution in [0.5, 0.6) is 5.75 Å². The molecule has 0 fully saturated rings. The molecule has 2 nitrogen and oxygen atoms in total. The van der Waals surface area contributed by atoms with Crippen molar-refractivity contribution >= 4 is 27.3 Å². The number of nitrogens with one attached hydrogen (secondary N) is 1. The van der Waals surface area contributed by atoms with Gasteiger partial charge in [-0.3, -0.25) is 0 Å². The summed E-state index contributed by atoms with van der Waals surface area (Å²) in [6, 6.07) is 12.0. The molecule has 0 atom stereocenters. The van der Waals surface area contributed by atoms with Crippen molar-refractivity contribution in [2.24, 2.45) is 0 Å². The van der Waals surface area contributed by atoms with Gasteiger partial charge in [0.25, 0.3) is 0 Å². The molecular weight excluding hydrogens is 298 g/mol. The van der Waals surface area contributed by atoms with Gasteiger partial charge in [0.2, 0.25) is 0 Å². The highest BCUT2D eigenvalue weighted by Crippen LogP contribution is 2.20. The van der Waals surface area contributed by atoms with Crippen LogP contribution in [0.4, 0.5) is 0 Å². The van der Waals surface area contributed by atoms with Crippen molar-refractivity contribution in [3.63, 3.8) is 0 Å². The highest BCUT2D eigenvalue weighted by atomic mass is 79.9. The van der Waals surface area contributed by atoms with Crippen molar-refractivity contribution in [2.45, 2.75) is 6.54 Å². The lowest BCUT2D eigenvalue weighted by atomic mass is 10.3. The Kier molecular flexibility index (Phi) is 5.04. The lowest BCUT2D eigenvalue weighted by Gasteiger charge is -2.06. The molecule has 90 valence electrons. The van der Waals surface area contributed by atoms with Crippen LogP contribution in [0, 0.1) is 0 Å². The zero-order valence-electron chi connectivity index (χ0n) is 9.36. The lowest BCUT2D eigenvalue weighted by Crippen LogP contribution is -2.20. The van der Waals surface area contributed by atoms with Crippen molar-refractivity contribution in [3.05, 3.63) is 51.1 Å². The number of thiophene rings is 1. The number of ether oxygens (including phenoxy) is 1. The fourth-order valence-electron chi connectivity index (χ4n) is 1.43. The van der Waals surface area contributed by atoms with Gasteiger partial charge in [0.15, 0.2) is 0 Å². The largest absolute Gasteiger partial charge is 0.492 e. The van der Waals surface area contributed by atoms with Gasteiger partial charge in [-0.05, 0) is 45.1 Å². The molecule has 1 aromatic carbocycles. The summed E-state index contributed by atoms with van der Waals surface area (Å²) in [5.41, 5.74) is 1.31. The third kappa shape index (κ3) is 4.50. The van der Waals surface area contributed by atoms with Gasteiger partial charge in [0.1, 0.15) is 12.4 Å². The molecule has 0 bridgehead atoms. The number of hydrogen-bond donors (Lipinski definition) is 1. The van der Waals surface area contributed by atoms with E-state index >= 15 is 0 Å². The van der Waals surface area contributed by atoms with Gasteiger partial charge in [0.05, 0.1) is 3.79 Å². The van der Waals surface area contributed by atoms with Crippen LogP contribution in [0.25, 0.3) is 0 Å². The molecule has 1 N–H and O–H groups in total. The fourth-order valence-corrected chi connectivity index (χ4v) is 2.64. The van der Waals surface area contributed by atoms with Gasteiger partial charge >= 0.3 is 0 Å². The second-order valence-electron chi connectivity index (χ2n) is 3.60. The van der Waals surface area contributed by atoms with E-state index in [9.17, 15) is 0 Å². The van der Waals surface area contributed by atoms with E-state index in [2.05, 4.69) is 32.7 Å². The Morgan fingerprint density at radius 2 is 2.06 bits per heavy atom. The van der Waals surface area contributed by atoms with Gasteiger partial charge in [-0.15, -0.1) is 11.3 Å². The van der Waals surface area contributed by atoms with Crippen molar-refractivity contribution in [2.75, 3.05) is 13.2 Å². The van der Waals surface area contributed by atoms with E-state index in [1.54, 1.807) is 11.3 Å². The highest BCUT2D eigenvalue weighted by Gasteiger charge is 1.96. The minimum Gasteiger partial charge on any atom is -0.492 e. The normalized spacial score (nSPS) is 10.4. The summed E-state index contributed by atoms with van der Waals surface area (Å²) >= 11 is 5.16. The smallest absolute Gasteiger partial charge is 0.119 e. The third-order valence-electron chi connectivity index (χ3n) is 2.24. The summed E-state index contributed by atoms with van der Waals surface area (Å²) in [4.78, 5) is 0. The third-order valence-corrected chi connectivity index (χ3v) is 3.79. The Bertz CT molecular complexity index is 444. The molecule has 0 aliphatic carbocycles. The molecule has 1 aromatic heterocycles. The minimum absolute atomic E-state index is 0.690. The molecule has 0 amide bonds. The first-order valence-electron chi connectivity index (χ1n) is 5.46. The van der Waals surface area contributed by atoms with Gasteiger partial charge in [-0.1, -0.05) is 18.2 Å². The van der Waals surface area contributed by atoms with E-state index in [0.717, 1.165) is 18.8 Å². The summed E-state index contributed by atoms with van der Waals surface area (Å²) < 4.78 is 6.76. The van der Waals surface area contributed by atoms with E-state index in [1.807, 2.05) is 30.3 Å². The molecule has 0 saturated carbocycles. The molecule has 2 rings (SSSR count). The Morgan fingerprint density at radius 1 is 1.24 bits per heavy atom. The molecule has 0 spiro atoms. The Labute approximate surface area is 114 Å². The quantitative estimate of drug-likeness (QED) is 0.822. The monoisotopic (exact) mass is 311 g/mol. The molecule has 0 aliphatic heterocycles. The molecule has 2 aromatic rings. The van der Waals surface area contributed by atoms with Crippen LogP contribution in [0.3, 0.4) is 0 Å². The van der Waals surface area contributed by atoms with Crippen LogP contribution in [-0.4, -0.2) is 13.2 Å². The number of hydrogen-bond acceptors (Lipinski definition) is 3. The van der Waals surface area contributed by atoms with Crippen molar-refractivity contribution < 1.29 is 4.74 Å². The maximum Gasteiger partial charge on any atom is 0.119 e. The summed E-state index contributed by atoms with van der Waals surface area (Å²) in [5, 5.41) is 5.49. The summed E-state index contributed by atoms with van der Waals surface area (Å²) in [6.07, 6.45) is 0. The second kappa shape index (κ2) is 6.79. The zero-order chi connectivity index (χ0) is 11.9. The molecule has 17 heavy (non-hydrogen) atoms. The van der Waals surface area contributed by atoms with Crippen molar-refractivity contribution in [1.82, 2.24) is 5.32 Å². The first-order chi connectivity index (χ1) is 8.34. The Hall–Kier alpha value is -0.840. The van der Waals surface area contributed by atoms with Crippen molar-refractivity contribution in [3.8, 4) is 5.75 Å². The van der Waals surface area contributed by atoms with Crippen LogP contribution < -0.4 is 10.1 Å². The van der Waals surface area contributed by atoms with Crippen LogP contribution in [0.15, 0.2) is 45.6 Å². The summed E-state index contributed by atoms with van der Waals surface area (Å²) in [5.74, 6) is 0.924. The predicted octanol–water partition coefficient (Wildman–Crippen LogP) is 3.68. The molecule has 1 heterocycles. The SMILES string of the molecule is Brc1cc(CNCCOc2ccccc2)cs1. The topological polar surface area (TPSA) is 21.3 Å². The number of rotatable bonds is 6. The maximum atomic E-state index is 5.58. The Morgan fingerprint density at radius 3 is 2.76 bits per heavy atom. The average Bonchev–Trinajstić information content (AvgIpc) is 2.76. The maximum absolute atomic E-state index is 5.58. The first kappa shape index (κ1) is 12.6. The summed E-state index contributed by atoms with van der Waals surface area (Å²) in [6.45, 7) is 2.43. The lowest BCUT2D eigenvalue weighted by molar-refractivity contribution is 0.313. The van der Waals surface area contributed by atoms with Gasteiger partial charge in [-0.2, -0.15) is 0 Å². The van der Waals surface area contributed by atoms with E-state index in [-0.39, 0.29) is 0 Å². The number of benzene rings is 1. The molecule has 0 unspecified atom stereocenters. The fraction of sp³-hybridized carbons (Fsp3) is 0.231. The average molecular weight is 312 g/mol. The number of halogens is 1. The van der Waals surface area contributed by atoms with Crippen molar-refractivity contribution in [1.29, 1.82) is 0 Å². The van der Waals surface area contributed by atoms with Crippen LogP contribution in [0.2, 0.25) is 0 Å². The van der Waals surface area contributed by atoms with Crippen LogP contribution >= 0.6 is 27.3 Å². The molecular formula is C13H14BrNOS. The van der Waals surface area contributed by atoms with Crippen LogP contribution in [-0.2, 0) is 6.54 Å². The zero-order valence-corrected chi connectivity index (χ0v) is 11.8. The van der Waals surface area contributed by atoms with E-state index in [0.29, 0.717) is 6.61 Å². The van der Waals surface area contributed by atoms with E-state index in [4.69, 9.17) is 4.74 Å². The standard InChI is InChI=1S/C13H14BrNOS/c14-13-8-11(10-17-13)9-15-6-7-16-12-4-2-1-3-5-12/h1-5,8,10,15H,6-7,9H2. The summed E-state index contributed by atoms with van der Waals surface area (Å²) in [7, 11) is 0. The molecule has 4 heteroatoms. The highest BCUT2D eigenvalue weighted by molar-refractivity contribution is 9.11.